The van der Waals surface area contributed by atoms with Gasteiger partial charge in [0.2, 0.25) is 0 Å². The maximum Gasteiger partial charge on any atom is 0.306 e. The number of carboxylic acids is 1. The van der Waals surface area contributed by atoms with Crippen LogP contribution in [0.2, 0.25) is 0 Å². The number of aliphatic carboxylic acids is 1. The molecule has 0 atom stereocenters. The average molecular weight is 286 g/mol. The second kappa shape index (κ2) is 7.96. The highest BCUT2D eigenvalue weighted by atomic mass is 16.4. The van der Waals surface area contributed by atoms with E-state index in [1.807, 2.05) is 0 Å². The summed E-state index contributed by atoms with van der Waals surface area (Å²) in [4.78, 5) is 15.4. The highest BCUT2D eigenvalue weighted by Gasteiger charge is 2.36. The Morgan fingerprint density at radius 3 is 2.30 bits per heavy atom. The predicted octanol–water partition coefficient (Wildman–Crippen LogP) is 1.27. The highest BCUT2D eigenvalue weighted by Crippen LogP contribution is 2.32. The van der Waals surface area contributed by atoms with Crippen LogP contribution in [0, 0.1) is 5.92 Å². The van der Waals surface area contributed by atoms with Gasteiger partial charge in [-0.1, -0.05) is 6.92 Å². The molecule has 0 saturated heterocycles. The van der Waals surface area contributed by atoms with Crippen LogP contribution in [0.5, 0.6) is 0 Å². The molecular weight excluding hydrogens is 256 g/mol. The van der Waals surface area contributed by atoms with Crippen molar-refractivity contribution in [3.63, 3.8) is 0 Å². The minimum atomic E-state index is -0.717. The number of aliphatic hydroxyl groups is 1. The van der Waals surface area contributed by atoms with E-state index in [1.54, 1.807) is 0 Å². The summed E-state index contributed by atoms with van der Waals surface area (Å²) >= 11 is 0. The van der Waals surface area contributed by atoms with Crippen molar-refractivity contribution < 1.29 is 15.0 Å². The van der Waals surface area contributed by atoms with Gasteiger partial charge in [0.05, 0.1) is 11.5 Å². The van der Waals surface area contributed by atoms with Crippen molar-refractivity contribution in [1.82, 2.24) is 9.80 Å². The fraction of sp³-hybridized carbons (Fsp3) is 0.933. The van der Waals surface area contributed by atoms with Crippen molar-refractivity contribution in [1.29, 1.82) is 0 Å². The first-order valence-corrected chi connectivity index (χ1v) is 7.68. The van der Waals surface area contributed by atoms with Gasteiger partial charge in [0, 0.05) is 6.54 Å². The molecule has 0 aliphatic heterocycles. The van der Waals surface area contributed by atoms with Gasteiger partial charge in [-0.2, -0.15) is 0 Å². The lowest BCUT2D eigenvalue weighted by Crippen LogP contribution is -2.46. The zero-order valence-electron chi connectivity index (χ0n) is 13.1. The van der Waals surface area contributed by atoms with Gasteiger partial charge < -0.3 is 20.0 Å². The number of rotatable bonds is 8. The topological polar surface area (TPSA) is 64.0 Å². The standard InChI is InChI=1S/C15H30N2O3/c1-4-17(11-5-10-16(2)3)12-15(20)8-6-13(7-9-15)14(18)19/h13,20H,4-12H2,1-3H3,(H,18,19). The minimum Gasteiger partial charge on any atom is -0.481 e. The predicted molar refractivity (Wildman–Crippen MR) is 79.8 cm³/mol. The van der Waals surface area contributed by atoms with E-state index in [2.05, 4.69) is 30.8 Å². The van der Waals surface area contributed by atoms with E-state index >= 15 is 0 Å². The van der Waals surface area contributed by atoms with Gasteiger partial charge in [0.25, 0.3) is 0 Å². The molecule has 5 heteroatoms. The fourth-order valence-electron chi connectivity index (χ4n) is 2.94. The van der Waals surface area contributed by atoms with Crippen molar-refractivity contribution in [2.75, 3.05) is 40.3 Å². The quantitative estimate of drug-likeness (QED) is 0.703. The average Bonchev–Trinajstić information content (AvgIpc) is 2.37. The number of hydrogen-bond acceptors (Lipinski definition) is 4. The molecule has 1 aliphatic carbocycles. The van der Waals surface area contributed by atoms with E-state index < -0.39 is 11.6 Å². The molecule has 20 heavy (non-hydrogen) atoms. The number of hydrogen-bond donors (Lipinski definition) is 2. The van der Waals surface area contributed by atoms with Gasteiger partial charge in [0.15, 0.2) is 0 Å². The number of likely N-dealkylation sites (N-methyl/N-ethyl adjacent to an activating group) is 1. The van der Waals surface area contributed by atoms with Crippen LogP contribution in [0.25, 0.3) is 0 Å². The summed E-state index contributed by atoms with van der Waals surface area (Å²) in [6.07, 6.45) is 3.50. The summed E-state index contributed by atoms with van der Waals surface area (Å²) in [6, 6.07) is 0. The van der Waals surface area contributed by atoms with E-state index in [9.17, 15) is 9.90 Å². The lowest BCUT2D eigenvalue weighted by molar-refractivity contribution is -0.145. The van der Waals surface area contributed by atoms with Crippen molar-refractivity contribution >= 4 is 5.97 Å². The first-order chi connectivity index (χ1) is 9.36. The van der Waals surface area contributed by atoms with Crippen molar-refractivity contribution in [2.24, 2.45) is 5.92 Å². The summed E-state index contributed by atoms with van der Waals surface area (Å²) < 4.78 is 0. The maximum atomic E-state index is 11.0. The van der Waals surface area contributed by atoms with Crippen LogP contribution in [0.1, 0.15) is 39.0 Å². The number of carboxylic acid groups (broad SMARTS) is 1. The Morgan fingerprint density at radius 2 is 1.85 bits per heavy atom. The van der Waals surface area contributed by atoms with Crippen LogP contribution >= 0.6 is 0 Å². The van der Waals surface area contributed by atoms with Gasteiger partial charge in [-0.3, -0.25) is 4.79 Å². The molecule has 0 unspecified atom stereocenters. The Hall–Kier alpha value is -0.650. The summed E-state index contributed by atoms with van der Waals surface area (Å²) in [5, 5.41) is 19.6. The van der Waals surface area contributed by atoms with E-state index in [0.717, 1.165) is 26.1 Å². The van der Waals surface area contributed by atoms with E-state index in [-0.39, 0.29) is 5.92 Å². The summed E-state index contributed by atoms with van der Waals surface area (Å²) in [6.45, 7) is 5.75. The Balaban J connectivity index is 2.38. The second-order valence-electron chi connectivity index (χ2n) is 6.36. The molecule has 0 amide bonds. The molecule has 0 heterocycles. The molecule has 1 fully saturated rings. The van der Waals surface area contributed by atoms with E-state index in [1.165, 1.54) is 0 Å². The molecule has 5 nitrogen and oxygen atoms in total. The third-order valence-electron chi connectivity index (χ3n) is 4.31. The van der Waals surface area contributed by atoms with Crippen LogP contribution in [-0.4, -0.2) is 71.9 Å². The van der Waals surface area contributed by atoms with E-state index in [4.69, 9.17) is 5.11 Å². The largest absolute Gasteiger partial charge is 0.481 e. The van der Waals surface area contributed by atoms with Gasteiger partial charge >= 0.3 is 5.97 Å². The van der Waals surface area contributed by atoms with Gasteiger partial charge in [-0.05, 0) is 65.8 Å². The van der Waals surface area contributed by atoms with Gasteiger partial charge in [-0.25, -0.2) is 0 Å². The summed E-state index contributed by atoms with van der Waals surface area (Å²) in [5.74, 6) is -0.982. The van der Waals surface area contributed by atoms with Crippen molar-refractivity contribution in [2.45, 2.75) is 44.6 Å². The lowest BCUT2D eigenvalue weighted by atomic mass is 9.78. The first kappa shape index (κ1) is 17.4. The smallest absolute Gasteiger partial charge is 0.306 e. The Kier molecular flexibility index (Phi) is 6.92. The molecule has 2 N–H and O–H groups in total. The Labute approximate surface area is 122 Å². The number of carbonyl (C=O) groups is 1. The zero-order valence-corrected chi connectivity index (χ0v) is 13.1. The Morgan fingerprint density at radius 1 is 1.25 bits per heavy atom. The third kappa shape index (κ3) is 5.77. The van der Waals surface area contributed by atoms with Crippen molar-refractivity contribution in [3.05, 3.63) is 0 Å². The van der Waals surface area contributed by atoms with Crippen LogP contribution in [0.3, 0.4) is 0 Å². The molecular formula is C15H30N2O3. The molecule has 1 aliphatic rings. The van der Waals surface area contributed by atoms with Gasteiger partial charge in [-0.15, -0.1) is 0 Å². The van der Waals surface area contributed by atoms with Crippen LogP contribution < -0.4 is 0 Å². The van der Waals surface area contributed by atoms with Crippen LogP contribution in [0.15, 0.2) is 0 Å². The molecule has 0 radical (unpaired) electrons. The Bertz CT molecular complexity index is 299. The first-order valence-electron chi connectivity index (χ1n) is 7.68. The molecule has 0 bridgehead atoms. The van der Waals surface area contributed by atoms with E-state index in [0.29, 0.717) is 32.2 Å². The van der Waals surface area contributed by atoms with Crippen LogP contribution in [0.4, 0.5) is 0 Å². The molecule has 1 rings (SSSR count). The summed E-state index contributed by atoms with van der Waals surface area (Å²) in [5.41, 5.74) is -0.694. The lowest BCUT2D eigenvalue weighted by Gasteiger charge is -2.38. The molecule has 1 saturated carbocycles. The molecule has 118 valence electrons. The monoisotopic (exact) mass is 286 g/mol. The van der Waals surface area contributed by atoms with Gasteiger partial charge in [0.1, 0.15) is 0 Å². The SMILES string of the molecule is CCN(CCCN(C)C)CC1(O)CCC(C(=O)O)CC1. The third-order valence-corrected chi connectivity index (χ3v) is 4.31. The van der Waals surface area contributed by atoms with Crippen LogP contribution in [-0.2, 0) is 4.79 Å². The second-order valence-corrected chi connectivity index (χ2v) is 6.36. The molecule has 0 spiro atoms. The maximum absolute atomic E-state index is 11.0. The highest BCUT2D eigenvalue weighted by molar-refractivity contribution is 5.70. The number of nitrogens with zero attached hydrogens (tertiary/aromatic N) is 2. The molecule has 0 aromatic carbocycles. The molecule has 0 aromatic heterocycles. The normalized spacial score (nSPS) is 27.2. The molecule has 0 aromatic rings. The summed E-state index contributed by atoms with van der Waals surface area (Å²) in [7, 11) is 4.13. The zero-order chi connectivity index (χ0) is 15.2. The minimum absolute atomic E-state index is 0.265. The van der Waals surface area contributed by atoms with Crippen molar-refractivity contribution in [3.8, 4) is 0 Å². The fourth-order valence-corrected chi connectivity index (χ4v) is 2.94.